The van der Waals surface area contributed by atoms with Gasteiger partial charge in [0.1, 0.15) is 6.54 Å². The number of hydrogen-bond donors (Lipinski definition) is 1. The number of pyridine rings is 1. The van der Waals surface area contributed by atoms with E-state index >= 15 is 0 Å². The van der Waals surface area contributed by atoms with Crippen LogP contribution in [0.2, 0.25) is 0 Å². The molecular weight excluding hydrogens is 194 g/mol. The SMILES string of the molecule is Cc1cc(C[n+]2ccccc2N)sn1. The Morgan fingerprint density at radius 2 is 2.36 bits per heavy atom. The van der Waals surface area contributed by atoms with Crippen molar-refractivity contribution >= 4 is 17.4 Å². The van der Waals surface area contributed by atoms with Crippen molar-refractivity contribution in [3.63, 3.8) is 0 Å². The van der Waals surface area contributed by atoms with Crippen molar-refractivity contribution in [2.45, 2.75) is 13.5 Å². The van der Waals surface area contributed by atoms with Gasteiger partial charge in [0.15, 0.2) is 0 Å². The average Bonchev–Trinajstić information content (AvgIpc) is 2.56. The molecule has 0 aromatic carbocycles. The fraction of sp³-hybridized carbons (Fsp3) is 0.200. The van der Waals surface area contributed by atoms with Crippen LogP contribution in [0.3, 0.4) is 0 Å². The highest BCUT2D eigenvalue weighted by molar-refractivity contribution is 7.05. The van der Waals surface area contributed by atoms with Gasteiger partial charge in [-0.1, -0.05) is 6.07 Å². The first-order valence-corrected chi connectivity index (χ1v) is 5.19. The number of nitrogen functional groups attached to an aromatic ring is 1. The molecule has 0 spiro atoms. The number of nitrogens with two attached hydrogens (primary N) is 1. The summed E-state index contributed by atoms with van der Waals surface area (Å²) in [6, 6.07) is 7.89. The molecule has 2 N–H and O–H groups in total. The summed E-state index contributed by atoms with van der Waals surface area (Å²) in [6.45, 7) is 2.80. The van der Waals surface area contributed by atoms with Crippen LogP contribution in [-0.2, 0) is 6.54 Å². The van der Waals surface area contributed by atoms with E-state index in [4.69, 9.17) is 5.73 Å². The molecule has 0 aliphatic carbocycles. The summed E-state index contributed by atoms with van der Waals surface area (Å²) in [6.07, 6.45) is 1.98. The lowest BCUT2D eigenvalue weighted by atomic mass is 10.4. The molecule has 72 valence electrons. The molecule has 2 heterocycles. The molecule has 0 radical (unpaired) electrons. The van der Waals surface area contributed by atoms with Gasteiger partial charge in [-0.2, -0.15) is 4.37 Å². The van der Waals surface area contributed by atoms with Crippen LogP contribution in [-0.4, -0.2) is 4.37 Å². The minimum absolute atomic E-state index is 0.776. The molecule has 4 heteroatoms. The number of aromatic nitrogens is 2. The third kappa shape index (κ3) is 1.90. The second kappa shape index (κ2) is 3.75. The molecule has 0 fully saturated rings. The first-order chi connectivity index (χ1) is 6.75. The lowest BCUT2D eigenvalue weighted by Gasteiger charge is -1.98. The third-order valence-electron chi connectivity index (χ3n) is 1.98. The van der Waals surface area contributed by atoms with E-state index in [1.165, 1.54) is 16.4 Å². The van der Waals surface area contributed by atoms with Gasteiger partial charge in [0.2, 0.25) is 0 Å². The van der Waals surface area contributed by atoms with E-state index in [1.54, 1.807) is 0 Å². The van der Waals surface area contributed by atoms with E-state index in [1.807, 2.05) is 35.9 Å². The second-order valence-corrected chi connectivity index (χ2v) is 4.08. The topological polar surface area (TPSA) is 42.8 Å². The number of aryl methyl sites for hydroxylation is 1. The van der Waals surface area contributed by atoms with Crippen LogP contribution in [0.5, 0.6) is 0 Å². The minimum Gasteiger partial charge on any atom is -0.287 e. The van der Waals surface area contributed by atoms with Gasteiger partial charge in [0.05, 0.1) is 16.8 Å². The first-order valence-electron chi connectivity index (χ1n) is 4.42. The summed E-state index contributed by atoms with van der Waals surface area (Å²) in [5.74, 6) is 0.776. The maximum atomic E-state index is 5.82. The zero-order valence-electron chi connectivity index (χ0n) is 7.97. The van der Waals surface area contributed by atoms with E-state index in [0.29, 0.717) is 0 Å². The lowest BCUT2D eigenvalue weighted by Crippen LogP contribution is -2.36. The predicted molar refractivity (Wildman–Crippen MR) is 57.0 cm³/mol. The summed E-state index contributed by atoms with van der Waals surface area (Å²) in [5, 5.41) is 0. The summed E-state index contributed by atoms with van der Waals surface area (Å²) >= 11 is 1.53. The van der Waals surface area contributed by atoms with Crippen molar-refractivity contribution in [3.05, 3.63) is 41.0 Å². The Kier molecular flexibility index (Phi) is 2.45. The molecule has 14 heavy (non-hydrogen) atoms. The molecule has 0 saturated carbocycles. The fourth-order valence-corrected chi connectivity index (χ4v) is 2.03. The average molecular weight is 206 g/mol. The third-order valence-corrected chi connectivity index (χ3v) is 2.84. The van der Waals surface area contributed by atoms with E-state index in [0.717, 1.165) is 18.1 Å². The van der Waals surface area contributed by atoms with Crippen molar-refractivity contribution < 1.29 is 4.57 Å². The Hall–Kier alpha value is -1.42. The van der Waals surface area contributed by atoms with Crippen molar-refractivity contribution in [1.29, 1.82) is 0 Å². The molecule has 0 aliphatic heterocycles. The first kappa shape index (κ1) is 9.15. The van der Waals surface area contributed by atoms with Crippen LogP contribution in [0, 0.1) is 6.92 Å². The van der Waals surface area contributed by atoms with Crippen molar-refractivity contribution in [2.75, 3.05) is 5.73 Å². The maximum absolute atomic E-state index is 5.82. The van der Waals surface area contributed by atoms with Crippen LogP contribution in [0.1, 0.15) is 10.6 Å². The lowest BCUT2D eigenvalue weighted by molar-refractivity contribution is -0.673. The number of nitrogens with zero attached hydrogens (tertiary/aromatic N) is 2. The zero-order valence-corrected chi connectivity index (χ0v) is 8.79. The molecule has 0 amide bonds. The van der Waals surface area contributed by atoms with Gasteiger partial charge in [-0.3, -0.25) is 5.73 Å². The number of hydrogen-bond acceptors (Lipinski definition) is 3. The molecule has 0 saturated heterocycles. The Bertz CT molecular complexity index is 436. The van der Waals surface area contributed by atoms with Gasteiger partial charge >= 0.3 is 0 Å². The van der Waals surface area contributed by atoms with E-state index in [-0.39, 0.29) is 0 Å². The Morgan fingerprint density at radius 3 is 3.00 bits per heavy atom. The molecule has 3 nitrogen and oxygen atoms in total. The highest BCUT2D eigenvalue weighted by Crippen LogP contribution is 2.08. The van der Waals surface area contributed by atoms with Gasteiger partial charge in [-0.05, 0) is 30.6 Å². The molecule has 0 aliphatic rings. The normalized spacial score (nSPS) is 10.4. The molecule has 2 rings (SSSR count). The van der Waals surface area contributed by atoms with Crippen molar-refractivity contribution in [1.82, 2.24) is 4.37 Å². The maximum Gasteiger partial charge on any atom is 0.272 e. The molecule has 0 atom stereocenters. The van der Waals surface area contributed by atoms with Crippen LogP contribution in [0.15, 0.2) is 30.5 Å². The Morgan fingerprint density at radius 1 is 1.50 bits per heavy atom. The minimum atomic E-state index is 0.776. The highest BCUT2D eigenvalue weighted by atomic mass is 32.1. The summed E-state index contributed by atoms with van der Waals surface area (Å²) < 4.78 is 6.24. The number of anilines is 1. The van der Waals surface area contributed by atoms with Gasteiger partial charge in [0, 0.05) is 6.07 Å². The van der Waals surface area contributed by atoms with E-state index in [9.17, 15) is 0 Å². The van der Waals surface area contributed by atoms with Crippen LogP contribution < -0.4 is 10.3 Å². The van der Waals surface area contributed by atoms with Crippen LogP contribution in [0.25, 0.3) is 0 Å². The highest BCUT2D eigenvalue weighted by Gasteiger charge is 2.05. The summed E-state index contributed by atoms with van der Waals surface area (Å²) in [4.78, 5) is 1.23. The standard InChI is InChI=1S/C10H11N3S/c1-8-6-9(14-12-8)7-13-5-3-2-4-10(13)11/h2-6,11H,7H2,1H3/p+1. The van der Waals surface area contributed by atoms with Crippen molar-refractivity contribution in [3.8, 4) is 0 Å². The smallest absolute Gasteiger partial charge is 0.272 e. The van der Waals surface area contributed by atoms with Crippen LogP contribution in [0.4, 0.5) is 5.82 Å². The molecule has 0 bridgehead atoms. The molecular formula is C10H12N3S+. The number of rotatable bonds is 2. The quantitative estimate of drug-likeness (QED) is 0.754. The van der Waals surface area contributed by atoms with Crippen molar-refractivity contribution in [2.24, 2.45) is 0 Å². The van der Waals surface area contributed by atoms with Gasteiger partial charge in [-0.15, -0.1) is 0 Å². The Labute approximate surface area is 87.0 Å². The zero-order chi connectivity index (χ0) is 9.97. The Balaban J connectivity index is 2.23. The monoisotopic (exact) mass is 206 g/mol. The largest absolute Gasteiger partial charge is 0.287 e. The summed E-state index contributed by atoms with van der Waals surface area (Å²) in [7, 11) is 0. The second-order valence-electron chi connectivity index (χ2n) is 3.19. The fourth-order valence-electron chi connectivity index (χ4n) is 1.29. The van der Waals surface area contributed by atoms with Gasteiger partial charge < -0.3 is 0 Å². The predicted octanol–water partition coefficient (Wildman–Crippen LogP) is 1.37. The van der Waals surface area contributed by atoms with E-state index < -0.39 is 0 Å². The van der Waals surface area contributed by atoms with Gasteiger partial charge in [0.25, 0.3) is 5.82 Å². The van der Waals surface area contributed by atoms with Gasteiger partial charge in [-0.25, -0.2) is 4.57 Å². The van der Waals surface area contributed by atoms with Crippen LogP contribution >= 0.6 is 11.5 Å². The van der Waals surface area contributed by atoms with E-state index in [2.05, 4.69) is 10.4 Å². The molecule has 2 aromatic heterocycles. The molecule has 2 aromatic rings. The summed E-state index contributed by atoms with van der Waals surface area (Å²) in [5.41, 5.74) is 6.89. The molecule has 0 unspecified atom stereocenters.